The van der Waals surface area contributed by atoms with E-state index in [-0.39, 0.29) is 23.7 Å². The summed E-state index contributed by atoms with van der Waals surface area (Å²) < 4.78 is 0. The highest BCUT2D eigenvalue weighted by Crippen LogP contribution is 2.41. The third kappa shape index (κ3) is 1.85. The zero-order valence-electron chi connectivity index (χ0n) is 9.14. The second-order valence-corrected chi connectivity index (χ2v) is 4.95. The summed E-state index contributed by atoms with van der Waals surface area (Å²) in [4.78, 5) is 24.2. The molecule has 2 fully saturated rings. The van der Waals surface area contributed by atoms with Crippen LogP contribution in [0.5, 0.6) is 0 Å². The van der Waals surface area contributed by atoms with E-state index in [1.807, 2.05) is 0 Å². The van der Waals surface area contributed by atoms with E-state index in [0.717, 1.165) is 6.42 Å². The molecule has 1 aliphatic carbocycles. The molecule has 3 unspecified atom stereocenters. The zero-order chi connectivity index (χ0) is 11.2. The third-order valence-electron chi connectivity index (χ3n) is 3.74. The Balaban J connectivity index is 1.78. The molecule has 0 spiro atoms. The number of carboxylic acids is 1. The number of nitrogens with zero attached hydrogens (tertiary/aromatic N) is 1. The minimum atomic E-state index is -0.758. The molecule has 0 aromatic carbocycles. The van der Waals surface area contributed by atoms with Crippen LogP contribution >= 0.6 is 0 Å². The lowest BCUT2D eigenvalue weighted by Gasteiger charge is -2.41. The molecule has 4 nitrogen and oxygen atoms in total. The van der Waals surface area contributed by atoms with E-state index in [1.54, 1.807) is 11.8 Å². The number of hydrogen-bond acceptors (Lipinski definition) is 2. The molecule has 0 aromatic rings. The molecule has 84 valence electrons. The first-order valence-corrected chi connectivity index (χ1v) is 5.52. The lowest BCUT2D eigenvalue weighted by atomic mass is 9.87. The summed E-state index contributed by atoms with van der Waals surface area (Å²) in [6, 6.07) is 0. The van der Waals surface area contributed by atoms with Gasteiger partial charge in [-0.05, 0) is 12.3 Å². The number of aliphatic carboxylic acids is 1. The van der Waals surface area contributed by atoms with Gasteiger partial charge < -0.3 is 10.0 Å². The predicted octanol–water partition coefficient (Wildman–Crippen LogP) is 0.821. The number of amides is 1. The zero-order valence-corrected chi connectivity index (χ0v) is 9.14. The van der Waals surface area contributed by atoms with Crippen LogP contribution in [-0.2, 0) is 9.59 Å². The van der Waals surface area contributed by atoms with Crippen molar-refractivity contribution in [2.45, 2.75) is 20.3 Å². The second kappa shape index (κ2) is 3.51. The largest absolute Gasteiger partial charge is 0.481 e. The first-order chi connectivity index (χ1) is 7.00. The van der Waals surface area contributed by atoms with Gasteiger partial charge in [0.15, 0.2) is 0 Å². The van der Waals surface area contributed by atoms with Crippen LogP contribution in [-0.4, -0.2) is 35.0 Å². The molecular formula is C11H17NO3. The van der Waals surface area contributed by atoms with Crippen molar-refractivity contribution in [2.75, 3.05) is 13.1 Å². The summed E-state index contributed by atoms with van der Waals surface area (Å²) in [6.07, 6.45) is 1.01. The van der Waals surface area contributed by atoms with Gasteiger partial charge in [0, 0.05) is 24.9 Å². The average molecular weight is 211 g/mol. The highest BCUT2D eigenvalue weighted by atomic mass is 16.4. The van der Waals surface area contributed by atoms with Gasteiger partial charge in [-0.25, -0.2) is 0 Å². The van der Waals surface area contributed by atoms with E-state index >= 15 is 0 Å². The quantitative estimate of drug-likeness (QED) is 0.752. The van der Waals surface area contributed by atoms with Crippen molar-refractivity contribution >= 4 is 11.9 Å². The van der Waals surface area contributed by atoms with E-state index in [9.17, 15) is 9.59 Å². The smallest absolute Gasteiger partial charge is 0.306 e. The molecule has 0 aromatic heterocycles. The van der Waals surface area contributed by atoms with Crippen LogP contribution < -0.4 is 0 Å². The van der Waals surface area contributed by atoms with Crippen LogP contribution in [0.15, 0.2) is 0 Å². The Labute approximate surface area is 89.3 Å². The lowest BCUT2D eigenvalue weighted by Crippen LogP contribution is -2.54. The Morgan fingerprint density at radius 1 is 1.40 bits per heavy atom. The molecule has 4 heteroatoms. The summed E-state index contributed by atoms with van der Waals surface area (Å²) in [5.41, 5.74) is 0. The number of carboxylic acid groups (broad SMARTS) is 1. The molecule has 2 aliphatic rings. The monoisotopic (exact) mass is 211 g/mol. The fraction of sp³-hybridized carbons (Fsp3) is 0.818. The van der Waals surface area contributed by atoms with Crippen LogP contribution in [0.25, 0.3) is 0 Å². The van der Waals surface area contributed by atoms with E-state index < -0.39 is 5.97 Å². The molecule has 0 bridgehead atoms. The SMILES string of the molecule is CC1CC1C(=O)N1CC(C(C)C(=O)O)C1. The highest BCUT2D eigenvalue weighted by Gasteiger charge is 2.46. The Hall–Kier alpha value is -1.06. The van der Waals surface area contributed by atoms with E-state index in [0.29, 0.717) is 19.0 Å². The molecule has 1 heterocycles. The summed E-state index contributed by atoms with van der Waals surface area (Å²) in [7, 11) is 0. The average Bonchev–Trinajstić information content (AvgIpc) is 2.79. The third-order valence-corrected chi connectivity index (χ3v) is 3.74. The Kier molecular flexibility index (Phi) is 2.44. The minimum absolute atomic E-state index is 0.153. The van der Waals surface area contributed by atoms with Gasteiger partial charge in [0.2, 0.25) is 5.91 Å². The Bertz CT molecular complexity index is 296. The van der Waals surface area contributed by atoms with Crippen molar-refractivity contribution in [1.29, 1.82) is 0 Å². The fourth-order valence-corrected chi connectivity index (χ4v) is 2.11. The number of rotatable bonds is 3. The van der Waals surface area contributed by atoms with Crippen LogP contribution in [0.4, 0.5) is 0 Å². The van der Waals surface area contributed by atoms with Gasteiger partial charge in [-0.2, -0.15) is 0 Å². The van der Waals surface area contributed by atoms with Gasteiger partial charge in [-0.15, -0.1) is 0 Å². The van der Waals surface area contributed by atoms with E-state index in [4.69, 9.17) is 5.11 Å². The Morgan fingerprint density at radius 3 is 2.33 bits per heavy atom. The van der Waals surface area contributed by atoms with Gasteiger partial charge in [0.25, 0.3) is 0 Å². The van der Waals surface area contributed by atoms with Crippen molar-refractivity contribution in [1.82, 2.24) is 4.90 Å². The lowest BCUT2D eigenvalue weighted by molar-refractivity contribution is -0.151. The summed E-state index contributed by atoms with van der Waals surface area (Å²) in [5, 5.41) is 8.80. The van der Waals surface area contributed by atoms with Crippen LogP contribution in [0.1, 0.15) is 20.3 Å². The van der Waals surface area contributed by atoms with Crippen molar-refractivity contribution in [3.8, 4) is 0 Å². The van der Waals surface area contributed by atoms with Crippen LogP contribution in [0, 0.1) is 23.7 Å². The topological polar surface area (TPSA) is 57.6 Å². The molecule has 1 saturated carbocycles. The molecule has 3 atom stereocenters. The maximum Gasteiger partial charge on any atom is 0.306 e. The molecule has 15 heavy (non-hydrogen) atoms. The van der Waals surface area contributed by atoms with Crippen molar-refractivity contribution in [3.63, 3.8) is 0 Å². The Morgan fingerprint density at radius 2 is 1.93 bits per heavy atom. The van der Waals surface area contributed by atoms with Gasteiger partial charge in [0.1, 0.15) is 0 Å². The molecule has 1 N–H and O–H groups in total. The van der Waals surface area contributed by atoms with Crippen molar-refractivity contribution in [2.24, 2.45) is 23.7 Å². The van der Waals surface area contributed by atoms with Gasteiger partial charge >= 0.3 is 5.97 Å². The van der Waals surface area contributed by atoms with E-state index in [2.05, 4.69) is 6.92 Å². The van der Waals surface area contributed by atoms with Crippen molar-refractivity contribution < 1.29 is 14.7 Å². The maximum absolute atomic E-state index is 11.7. The first kappa shape index (κ1) is 10.5. The molecular weight excluding hydrogens is 194 g/mol. The number of likely N-dealkylation sites (tertiary alicyclic amines) is 1. The van der Waals surface area contributed by atoms with Gasteiger partial charge in [-0.3, -0.25) is 9.59 Å². The second-order valence-electron chi connectivity index (χ2n) is 4.95. The number of carbonyl (C=O) groups is 2. The summed E-state index contributed by atoms with van der Waals surface area (Å²) in [5.74, 6) is 0.0638. The fourth-order valence-electron chi connectivity index (χ4n) is 2.11. The standard InChI is InChI=1S/C11H17NO3/c1-6-3-9(6)10(13)12-4-8(5-12)7(2)11(14)15/h6-9H,3-5H2,1-2H3,(H,14,15). The van der Waals surface area contributed by atoms with Gasteiger partial charge in [0.05, 0.1) is 5.92 Å². The minimum Gasteiger partial charge on any atom is -0.481 e. The normalized spacial score (nSPS) is 32.0. The number of carbonyl (C=O) groups excluding carboxylic acids is 1. The highest BCUT2D eigenvalue weighted by molar-refractivity contribution is 5.82. The molecule has 1 saturated heterocycles. The predicted molar refractivity (Wildman–Crippen MR) is 54.1 cm³/mol. The molecule has 0 radical (unpaired) electrons. The number of hydrogen-bond donors (Lipinski definition) is 1. The van der Waals surface area contributed by atoms with Crippen molar-refractivity contribution in [3.05, 3.63) is 0 Å². The molecule has 2 rings (SSSR count). The van der Waals surface area contributed by atoms with E-state index in [1.165, 1.54) is 0 Å². The maximum atomic E-state index is 11.7. The van der Waals surface area contributed by atoms with Gasteiger partial charge in [-0.1, -0.05) is 13.8 Å². The summed E-state index contributed by atoms with van der Waals surface area (Å²) >= 11 is 0. The molecule has 1 aliphatic heterocycles. The van der Waals surface area contributed by atoms with Crippen LogP contribution in [0.2, 0.25) is 0 Å². The first-order valence-electron chi connectivity index (χ1n) is 5.52. The van der Waals surface area contributed by atoms with Crippen LogP contribution in [0.3, 0.4) is 0 Å². The molecule has 1 amide bonds. The summed E-state index contributed by atoms with van der Waals surface area (Å²) in [6.45, 7) is 5.07.